The van der Waals surface area contributed by atoms with Crippen molar-refractivity contribution in [2.24, 2.45) is 0 Å². The van der Waals surface area contributed by atoms with Gasteiger partial charge in [0.2, 0.25) is 0 Å². The Kier molecular flexibility index (Phi) is 3.27. The largest absolute Gasteiger partial charge is 0.379 e. The minimum absolute atomic E-state index is 0.329. The Morgan fingerprint density at radius 2 is 2.20 bits per heavy atom. The second kappa shape index (κ2) is 4.67. The van der Waals surface area contributed by atoms with Crippen LogP contribution in [0.1, 0.15) is 25.8 Å². The highest BCUT2D eigenvalue weighted by Crippen LogP contribution is 2.22. The summed E-state index contributed by atoms with van der Waals surface area (Å²) in [5.41, 5.74) is 2.65. The van der Waals surface area contributed by atoms with Crippen LogP contribution in [-0.4, -0.2) is 18.8 Å². The van der Waals surface area contributed by atoms with Crippen molar-refractivity contribution in [1.29, 1.82) is 0 Å². The number of hydrogen-bond donors (Lipinski definition) is 1. The number of para-hydroxylation sites is 1. The number of anilines is 1. The van der Waals surface area contributed by atoms with Gasteiger partial charge in [-0.3, -0.25) is 0 Å². The van der Waals surface area contributed by atoms with E-state index in [4.69, 9.17) is 4.74 Å². The normalized spacial score (nSPS) is 25.5. The lowest BCUT2D eigenvalue weighted by atomic mass is 10.1. The molecule has 2 heteroatoms. The molecule has 1 aromatic carbocycles. The predicted molar refractivity (Wildman–Crippen MR) is 63.3 cm³/mol. The van der Waals surface area contributed by atoms with Crippen LogP contribution in [0.5, 0.6) is 0 Å². The Bertz CT molecular complexity index is 324. The van der Waals surface area contributed by atoms with E-state index in [0.717, 1.165) is 19.4 Å². The van der Waals surface area contributed by atoms with Gasteiger partial charge in [-0.05, 0) is 31.4 Å². The van der Waals surface area contributed by atoms with E-state index in [9.17, 15) is 0 Å². The molecule has 0 aromatic heterocycles. The van der Waals surface area contributed by atoms with Crippen LogP contribution in [0.25, 0.3) is 0 Å². The fourth-order valence-corrected chi connectivity index (χ4v) is 2.09. The van der Waals surface area contributed by atoms with Gasteiger partial charge in [-0.2, -0.15) is 0 Å². The standard InChI is InChI=1S/C13H19NO/c1-3-11-6-4-5-7-13(11)14-12-8-9-15-10(12)2/h4-7,10,12,14H,3,8-9H2,1-2H3/t10-,12+/m0/s1. The molecule has 15 heavy (non-hydrogen) atoms. The third-order valence-corrected chi connectivity index (χ3v) is 3.12. The summed E-state index contributed by atoms with van der Waals surface area (Å²) in [6.45, 7) is 5.21. The minimum atomic E-state index is 0.329. The van der Waals surface area contributed by atoms with Gasteiger partial charge >= 0.3 is 0 Å². The zero-order valence-corrected chi connectivity index (χ0v) is 9.49. The molecule has 1 N–H and O–H groups in total. The summed E-state index contributed by atoms with van der Waals surface area (Å²) in [6.07, 6.45) is 2.51. The molecule has 0 bridgehead atoms. The van der Waals surface area contributed by atoms with Gasteiger partial charge in [0.05, 0.1) is 12.1 Å². The second-order valence-corrected chi connectivity index (χ2v) is 4.13. The number of ether oxygens (including phenoxy) is 1. The van der Waals surface area contributed by atoms with E-state index in [2.05, 4.69) is 43.4 Å². The molecule has 1 aliphatic rings. The average Bonchev–Trinajstić information content (AvgIpc) is 2.65. The summed E-state index contributed by atoms with van der Waals surface area (Å²) >= 11 is 0. The molecule has 82 valence electrons. The topological polar surface area (TPSA) is 21.3 Å². The van der Waals surface area contributed by atoms with Crippen LogP contribution in [0.15, 0.2) is 24.3 Å². The van der Waals surface area contributed by atoms with Crippen LogP contribution in [0.4, 0.5) is 5.69 Å². The summed E-state index contributed by atoms with van der Waals surface area (Å²) in [5, 5.41) is 3.59. The Morgan fingerprint density at radius 3 is 2.87 bits per heavy atom. The van der Waals surface area contributed by atoms with E-state index in [-0.39, 0.29) is 0 Å². The molecular weight excluding hydrogens is 186 g/mol. The Hall–Kier alpha value is -1.02. The number of hydrogen-bond acceptors (Lipinski definition) is 2. The van der Waals surface area contributed by atoms with Crippen molar-refractivity contribution in [2.75, 3.05) is 11.9 Å². The molecule has 0 amide bonds. The maximum Gasteiger partial charge on any atom is 0.0748 e. The van der Waals surface area contributed by atoms with Gasteiger partial charge in [-0.25, -0.2) is 0 Å². The van der Waals surface area contributed by atoms with Crippen molar-refractivity contribution in [3.63, 3.8) is 0 Å². The molecule has 2 nitrogen and oxygen atoms in total. The maximum absolute atomic E-state index is 5.55. The first-order valence-corrected chi connectivity index (χ1v) is 5.77. The molecule has 0 unspecified atom stereocenters. The molecule has 1 aromatic rings. The zero-order chi connectivity index (χ0) is 10.7. The zero-order valence-electron chi connectivity index (χ0n) is 9.49. The fourth-order valence-electron chi connectivity index (χ4n) is 2.09. The van der Waals surface area contributed by atoms with Gasteiger partial charge in [0.15, 0.2) is 0 Å². The van der Waals surface area contributed by atoms with Crippen LogP contribution in [0, 0.1) is 0 Å². The Morgan fingerprint density at radius 1 is 1.40 bits per heavy atom. The van der Waals surface area contributed by atoms with E-state index < -0.39 is 0 Å². The third-order valence-electron chi connectivity index (χ3n) is 3.12. The lowest BCUT2D eigenvalue weighted by Gasteiger charge is -2.19. The summed E-state index contributed by atoms with van der Waals surface area (Å²) in [4.78, 5) is 0. The number of rotatable bonds is 3. The molecule has 0 aliphatic carbocycles. The van der Waals surface area contributed by atoms with Crippen molar-refractivity contribution in [3.05, 3.63) is 29.8 Å². The molecule has 1 heterocycles. The Labute approximate surface area is 91.6 Å². The van der Waals surface area contributed by atoms with Crippen molar-refractivity contribution < 1.29 is 4.74 Å². The van der Waals surface area contributed by atoms with E-state index in [0.29, 0.717) is 12.1 Å². The number of nitrogens with one attached hydrogen (secondary N) is 1. The molecule has 0 radical (unpaired) electrons. The first-order valence-electron chi connectivity index (χ1n) is 5.77. The number of aryl methyl sites for hydroxylation is 1. The fraction of sp³-hybridized carbons (Fsp3) is 0.538. The van der Waals surface area contributed by atoms with E-state index in [1.807, 2.05) is 0 Å². The second-order valence-electron chi connectivity index (χ2n) is 4.13. The van der Waals surface area contributed by atoms with Gasteiger partial charge in [0.25, 0.3) is 0 Å². The number of benzene rings is 1. The molecule has 1 saturated heterocycles. The van der Waals surface area contributed by atoms with Gasteiger partial charge in [0.1, 0.15) is 0 Å². The molecule has 0 spiro atoms. The lowest BCUT2D eigenvalue weighted by Crippen LogP contribution is -2.27. The molecule has 2 atom stereocenters. The first kappa shape index (κ1) is 10.5. The maximum atomic E-state index is 5.55. The third kappa shape index (κ3) is 2.32. The van der Waals surface area contributed by atoms with Crippen molar-refractivity contribution in [1.82, 2.24) is 0 Å². The molecule has 1 aliphatic heterocycles. The van der Waals surface area contributed by atoms with Gasteiger partial charge in [-0.1, -0.05) is 25.1 Å². The highest BCUT2D eigenvalue weighted by Gasteiger charge is 2.24. The Balaban J connectivity index is 2.09. The van der Waals surface area contributed by atoms with Gasteiger partial charge in [-0.15, -0.1) is 0 Å². The van der Waals surface area contributed by atoms with Crippen LogP contribution < -0.4 is 5.32 Å². The summed E-state index contributed by atoms with van der Waals surface area (Å²) < 4.78 is 5.55. The van der Waals surface area contributed by atoms with E-state index in [1.165, 1.54) is 11.3 Å². The highest BCUT2D eigenvalue weighted by molar-refractivity contribution is 5.52. The van der Waals surface area contributed by atoms with E-state index >= 15 is 0 Å². The first-order chi connectivity index (χ1) is 7.31. The molecule has 1 fully saturated rings. The summed E-state index contributed by atoms with van der Waals surface area (Å²) in [7, 11) is 0. The van der Waals surface area contributed by atoms with Crippen molar-refractivity contribution in [3.8, 4) is 0 Å². The molecule has 0 saturated carbocycles. The van der Waals surface area contributed by atoms with Crippen LogP contribution in [0.3, 0.4) is 0 Å². The monoisotopic (exact) mass is 205 g/mol. The lowest BCUT2D eigenvalue weighted by molar-refractivity contribution is 0.121. The predicted octanol–water partition coefficient (Wildman–Crippen LogP) is 2.84. The summed E-state index contributed by atoms with van der Waals surface area (Å²) in [5.74, 6) is 0. The van der Waals surface area contributed by atoms with Crippen molar-refractivity contribution in [2.45, 2.75) is 38.8 Å². The smallest absolute Gasteiger partial charge is 0.0748 e. The van der Waals surface area contributed by atoms with Crippen LogP contribution >= 0.6 is 0 Å². The van der Waals surface area contributed by atoms with Crippen LogP contribution in [-0.2, 0) is 11.2 Å². The highest BCUT2D eigenvalue weighted by atomic mass is 16.5. The van der Waals surface area contributed by atoms with Gasteiger partial charge in [0, 0.05) is 12.3 Å². The molecule has 2 rings (SSSR count). The SMILES string of the molecule is CCc1ccccc1N[C@@H]1CCO[C@H]1C. The minimum Gasteiger partial charge on any atom is -0.379 e. The van der Waals surface area contributed by atoms with Crippen molar-refractivity contribution >= 4 is 5.69 Å². The molecular formula is C13H19NO. The quantitative estimate of drug-likeness (QED) is 0.819. The summed E-state index contributed by atoms with van der Waals surface area (Å²) in [6, 6.07) is 8.99. The average molecular weight is 205 g/mol. The van der Waals surface area contributed by atoms with Crippen LogP contribution in [0.2, 0.25) is 0 Å². The van der Waals surface area contributed by atoms with E-state index in [1.54, 1.807) is 0 Å². The van der Waals surface area contributed by atoms with Gasteiger partial charge < -0.3 is 10.1 Å².